The van der Waals surface area contributed by atoms with E-state index in [-0.39, 0.29) is 23.2 Å². The molecule has 29 heavy (non-hydrogen) atoms. The number of alkyl halides is 3. The van der Waals surface area contributed by atoms with Crippen molar-refractivity contribution in [2.75, 3.05) is 19.5 Å². The number of thiophene rings is 1. The van der Waals surface area contributed by atoms with Gasteiger partial charge in [0, 0.05) is 17.1 Å². The zero-order valence-corrected chi connectivity index (χ0v) is 16.6. The lowest BCUT2D eigenvalue weighted by Crippen LogP contribution is -2.36. The molecule has 2 aromatic rings. The quantitative estimate of drug-likeness (QED) is 0.656. The largest absolute Gasteiger partial charge is 0.481 e. The van der Waals surface area contributed by atoms with Crippen LogP contribution in [0.4, 0.5) is 23.9 Å². The van der Waals surface area contributed by atoms with Crippen LogP contribution in [-0.4, -0.2) is 44.6 Å². The maximum absolute atomic E-state index is 13.2. The smallest absolute Gasteiger partial charge is 0.418 e. The number of esters is 1. The van der Waals surface area contributed by atoms with Crippen molar-refractivity contribution in [3.63, 3.8) is 0 Å². The Morgan fingerprint density at radius 1 is 1.21 bits per heavy atom. The minimum absolute atomic E-state index is 0.0563. The number of sulfonamides is 1. The number of methoxy groups -OCH3 is 2. The van der Waals surface area contributed by atoms with E-state index in [2.05, 4.69) is 14.7 Å². The molecule has 0 saturated carbocycles. The minimum atomic E-state index is -5.12. The van der Waals surface area contributed by atoms with Gasteiger partial charge in [-0.3, -0.25) is 5.32 Å². The second-order valence-electron chi connectivity index (χ2n) is 5.23. The van der Waals surface area contributed by atoms with Gasteiger partial charge >= 0.3 is 18.2 Å². The van der Waals surface area contributed by atoms with E-state index in [9.17, 15) is 31.2 Å². The Morgan fingerprint density at radius 3 is 2.41 bits per heavy atom. The molecule has 0 aliphatic rings. The normalized spacial score (nSPS) is 11.7. The monoisotopic (exact) mass is 454 g/mol. The van der Waals surface area contributed by atoms with Crippen LogP contribution < -0.4 is 14.8 Å². The van der Waals surface area contributed by atoms with Gasteiger partial charge in [-0.25, -0.2) is 27.7 Å². The Morgan fingerprint density at radius 2 is 1.86 bits per heavy atom. The number of carbonyl (C=O) groups excluding carboxylic acids is 2. The highest BCUT2D eigenvalue weighted by Crippen LogP contribution is 2.39. The molecular weight excluding hydrogens is 441 g/mol. The van der Waals surface area contributed by atoms with Crippen LogP contribution in [0, 0.1) is 6.92 Å². The number of halogens is 3. The number of hydrogen-bond donors (Lipinski definition) is 2. The fourth-order valence-corrected chi connectivity index (χ4v) is 4.66. The molecule has 2 rings (SSSR count). The first-order valence-electron chi connectivity index (χ1n) is 7.39. The molecule has 0 radical (unpaired) electrons. The van der Waals surface area contributed by atoms with Gasteiger partial charge in [0.05, 0.1) is 19.8 Å². The van der Waals surface area contributed by atoms with Gasteiger partial charge in [-0.2, -0.15) is 18.2 Å². The third-order valence-electron chi connectivity index (χ3n) is 3.18. The summed E-state index contributed by atoms with van der Waals surface area (Å²) in [5.74, 6) is -1.61. The molecular formula is C14H13F3N4O6S2. The van der Waals surface area contributed by atoms with Crippen LogP contribution in [0.3, 0.4) is 0 Å². The summed E-state index contributed by atoms with van der Waals surface area (Å²) in [5.41, 5.74) is -1.25. The van der Waals surface area contributed by atoms with E-state index in [4.69, 9.17) is 4.74 Å². The number of rotatable bonds is 5. The standard InChI is InChI=1S/C14H13F3N4O6S2/c1-6-4-8(26-2)19-12(18-6)20-13(23)21-29(24,25)10-7(14(15,16)17)5-28-9(10)11(22)27-3/h4-5H,1-3H3,(H2,18,19,20,21,23). The highest BCUT2D eigenvalue weighted by molar-refractivity contribution is 7.90. The van der Waals surface area contributed by atoms with Crippen molar-refractivity contribution < 1.29 is 40.7 Å². The van der Waals surface area contributed by atoms with Gasteiger partial charge in [0.1, 0.15) is 9.77 Å². The van der Waals surface area contributed by atoms with E-state index in [1.54, 1.807) is 0 Å². The minimum Gasteiger partial charge on any atom is -0.481 e. The molecule has 0 fully saturated rings. The molecule has 2 aromatic heterocycles. The lowest BCUT2D eigenvalue weighted by Gasteiger charge is -2.12. The van der Waals surface area contributed by atoms with Crippen LogP contribution in [0.25, 0.3) is 0 Å². The fourth-order valence-electron chi connectivity index (χ4n) is 2.04. The summed E-state index contributed by atoms with van der Waals surface area (Å²) >= 11 is 0.214. The Balaban J connectivity index is 2.38. The first-order chi connectivity index (χ1) is 13.4. The molecule has 10 nitrogen and oxygen atoms in total. The Hall–Kier alpha value is -2.94. The first kappa shape index (κ1) is 22.4. The van der Waals surface area contributed by atoms with Crippen LogP contribution >= 0.6 is 11.3 Å². The van der Waals surface area contributed by atoms with Crippen molar-refractivity contribution in [3.05, 3.63) is 27.6 Å². The van der Waals surface area contributed by atoms with Gasteiger partial charge < -0.3 is 9.47 Å². The molecule has 0 unspecified atom stereocenters. The molecule has 0 aliphatic heterocycles. The average Bonchev–Trinajstić information content (AvgIpc) is 3.06. The molecule has 2 heterocycles. The van der Waals surface area contributed by atoms with Crippen molar-refractivity contribution in [1.29, 1.82) is 0 Å². The maximum atomic E-state index is 13.2. The number of hydrogen-bond acceptors (Lipinski definition) is 9. The van der Waals surface area contributed by atoms with Gasteiger partial charge in [-0.1, -0.05) is 0 Å². The Labute approximate surface area is 166 Å². The maximum Gasteiger partial charge on any atom is 0.418 e. The summed E-state index contributed by atoms with van der Waals surface area (Å²) in [5, 5.41) is 2.41. The molecule has 0 saturated heterocycles. The summed E-state index contributed by atoms with van der Waals surface area (Å²) in [6.07, 6.45) is -5.10. The Kier molecular flexibility index (Phi) is 6.32. The SMILES string of the molecule is COC(=O)c1scc(C(F)(F)F)c1S(=O)(=O)NC(=O)Nc1nc(C)cc(OC)n1. The van der Waals surface area contributed by atoms with Gasteiger partial charge in [0.2, 0.25) is 11.8 Å². The molecule has 0 aromatic carbocycles. The second-order valence-corrected chi connectivity index (χ2v) is 7.73. The predicted octanol–water partition coefficient (Wildman–Crippen LogP) is 2.17. The molecule has 0 bridgehead atoms. The summed E-state index contributed by atoms with van der Waals surface area (Å²) < 4.78 is 75.1. The molecule has 158 valence electrons. The second kappa shape index (κ2) is 8.20. The third kappa shape index (κ3) is 5.11. The van der Waals surface area contributed by atoms with E-state index in [1.165, 1.54) is 24.8 Å². The van der Waals surface area contributed by atoms with Gasteiger partial charge in [-0.05, 0) is 6.92 Å². The number of carbonyl (C=O) groups is 2. The fraction of sp³-hybridized carbons (Fsp3) is 0.286. The number of nitrogens with one attached hydrogen (secondary N) is 2. The third-order valence-corrected chi connectivity index (χ3v) is 5.69. The van der Waals surface area contributed by atoms with Crippen molar-refractivity contribution in [1.82, 2.24) is 14.7 Å². The summed E-state index contributed by atoms with van der Waals surface area (Å²) in [7, 11) is -2.96. The van der Waals surface area contributed by atoms with Crippen molar-refractivity contribution in [2.45, 2.75) is 18.0 Å². The highest BCUT2D eigenvalue weighted by atomic mass is 32.2. The summed E-state index contributed by atoms with van der Waals surface area (Å²) in [4.78, 5) is 29.0. The topological polar surface area (TPSA) is 137 Å². The number of urea groups is 1. The first-order valence-corrected chi connectivity index (χ1v) is 9.75. The molecule has 0 aliphatic carbocycles. The molecule has 0 atom stereocenters. The number of amides is 2. The molecule has 15 heteroatoms. The van der Waals surface area contributed by atoms with Crippen LogP contribution in [0.15, 0.2) is 16.3 Å². The predicted molar refractivity (Wildman–Crippen MR) is 93.3 cm³/mol. The highest BCUT2D eigenvalue weighted by Gasteiger charge is 2.42. The van der Waals surface area contributed by atoms with Gasteiger partial charge in [0.25, 0.3) is 10.0 Å². The molecule has 2 amide bonds. The lowest BCUT2D eigenvalue weighted by molar-refractivity contribution is -0.139. The average molecular weight is 454 g/mol. The summed E-state index contributed by atoms with van der Waals surface area (Å²) in [6.45, 7) is 1.54. The van der Waals surface area contributed by atoms with Crippen LogP contribution in [0.2, 0.25) is 0 Å². The molecule has 0 spiro atoms. The van der Waals surface area contributed by atoms with Gasteiger partial charge in [0.15, 0.2) is 0 Å². The van der Waals surface area contributed by atoms with Crippen molar-refractivity contribution >= 4 is 39.3 Å². The van der Waals surface area contributed by atoms with Crippen molar-refractivity contribution in [3.8, 4) is 5.88 Å². The van der Waals surface area contributed by atoms with E-state index in [0.29, 0.717) is 11.1 Å². The number of aromatic nitrogens is 2. The zero-order valence-electron chi connectivity index (χ0n) is 14.9. The van der Waals surface area contributed by atoms with E-state index in [1.807, 2.05) is 5.32 Å². The van der Waals surface area contributed by atoms with E-state index in [0.717, 1.165) is 7.11 Å². The van der Waals surface area contributed by atoms with E-state index >= 15 is 0 Å². The zero-order chi connectivity index (χ0) is 22.0. The van der Waals surface area contributed by atoms with Crippen molar-refractivity contribution in [2.24, 2.45) is 0 Å². The number of nitrogens with zero attached hydrogens (tertiary/aromatic N) is 2. The van der Waals surface area contributed by atoms with Crippen LogP contribution in [-0.2, 0) is 20.9 Å². The molecule has 2 N–H and O–H groups in total. The Bertz CT molecular complexity index is 1050. The number of anilines is 1. The number of aryl methyl sites for hydroxylation is 1. The number of ether oxygens (including phenoxy) is 2. The van der Waals surface area contributed by atoms with Crippen LogP contribution in [0.5, 0.6) is 5.88 Å². The van der Waals surface area contributed by atoms with Gasteiger partial charge in [-0.15, -0.1) is 11.3 Å². The van der Waals surface area contributed by atoms with E-state index < -0.39 is 43.5 Å². The summed E-state index contributed by atoms with van der Waals surface area (Å²) in [6, 6.07) is -0.0310. The van der Waals surface area contributed by atoms with Crippen LogP contribution in [0.1, 0.15) is 20.9 Å². The lowest BCUT2D eigenvalue weighted by atomic mass is 10.3.